The molecule has 0 aromatic carbocycles. The van der Waals surface area contributed by atoms with Gasteiger partial charge in [-0.05, 0) is 56.6 Å². The van der Waals surface area contributed by atoms with E-state index >= 15 is 0 Å². The molecular formula is C18H28N4O. The van der Waals surface area contributed by atoms with Gasteiger partial charge in [0.1, 0.15) is 6.10 Å². The number of nitrogens with two attached hydrogens (primary N) is 1. The van der Waals surface area contributed by atoms with E-state index in [9.17, 15) is 0 Å². The van der Waals surface area contributed by atoms with E-state index in [1.165, 1.54) is 38.5 Å². The molecule has 0 atom stereocenters. The van der Waals surface area contributed by atoms with Crippen LogP contribution in [0.15, 0.2) is 23.3 Å². The van der Waals surface area contributed by atoms with Crippen LogP contribution in [0.3, 0.4) is 0 Å². The molecule has 2 N–H and O–H groups in total. The van der Waals surface area contributed by atoms with Gasteiger partial charge in [0.25, 0.3) is 0 Å². The van der Waals surface area contributed by atoms with Crippen LogP contribution in [0.1, 0.15) is 56.9 Å². The lowest BCUT2D eigenvalue weighted by molar-refractivity contribution is 0.148. The zero-order valence-corrected chi connectivity index (χ0v) is 13.9. The van der Waals surface area contributed by atoms with Gasteiger partial charge in [-0.1, -0.05) is 6.42 Å². The Labute approximate surface area is 138 Å². The molecular weight excluding hydrogens is 288 g/mol. The predicted molar refractivity (Wildman–Crippen MR) is 92.5 cm³/mol. The SMILES string of the molecule is NC(=NCc1ccnc(OC2CCCCC2)c1)N1CCCCC1. The van der Waals surface area contributed by atoms with Crippen LogP contribution < -0.4 is 10.5 Å². The van der Waals surface area contributed by atoms with Crippen molar-refractivity contribution in [2.75, 3.05) is 13.1 Å². The normalized spacial score (nSPS) is 20.5. The average Bonchev–Trinajstić information content (AvgIpc) is 2.62. The fourth-order valence-electron chi connectivity index (χ4n) is 3.36. The quantitative estimate of drug-likeness (QED) is 0.685. The third-order valence-electron chi connectivity index (χ3n) is 4.74. The number of nitrogens with zero attached hydrogens (tertiary/aromatic N) is 3. The third kappa shape index (κ3) is 4.85. The summed E-state index contributed by atoms with van der Waals surface area (Å²) >= 11 is 0. The molecule has 5 nitrogen and oxygen atoms in total. The van der Waals surface area contributed by atoms with Gasteiger partial charge in [-0.25, -0.2) is 9.98 Å². The van der Waals surface area contributed by atoms with Gasteiger partial charge in [0.05, 0.1) is 6.54 Å². The average molecular weight is 316 g/mol. The molecule has 3 rings (SSSR count). The number of hydrogen-bond donors (Lipinski definition) is 1. The van der Waals surface area contributed by atoms with Crippen LogP contribution in [0.4, 0.5) is 0 Å². The second-order valence-electron chi connectivity index (χ2n) is 6.60. The number of aliphatic imine (C=N–C) groups is 1. The molecule has 2 heterocycles. The van der Waals surface area contributed by atoms with Gasteiger partial charge in [0.15, 0.2) is 5.96 Å². The van der Waals surface area contributed by atoms with Crippen molar-refractivity contribution in [1.82, 2.24) is 9.88 Å². The largest absolute Gasteiger partial charge is 0.474 e. The van der Waals surface area contributed by atoms with Crippen molar-refractivity contribution in [3.8, 4) is 5.88 Å². The maximum Gasteiger partial charge on any atom is 0.213 e. The van der Waals surface area contributed by atoms with Crippen molar-refractivity contribution >= 4 is 5.96 Å². The maximum absolute atomic E-state index is 6.11. The fourth-order valence-corrected chi connectivity index (χ4v) is 3.36. The van der Waals surface area contributed by atoms with E-state index in [4.69, 9.17) is 10.5 Å². The Morgan fingerprint density at radius 2 is 1.91 bits per heavy atom. The third-order valence-corrected chi connectivity index (χ3v) is 4.74. The second kappa shape index (κ2) is 8.18. The van der Waals surface area contributed by atoms with Gasteiger partial charge in [-0.2, -0.15) is 0 Å². The smallest absolute Gasteiger partial charge is 0.213 e. The molecule has 1 aliphatic carbocycles. The van der Waals surface area contributed by atoms with E-state index in [2.05, 4.69) is 14.9 Å². The molecule has 1 saturated heterocycles. The first-order chi connectivity index (χ1) is 11.3. The summed E-state index contributed by atoms with van der Waals surface area (Å²) < 4.78 is 6.02. The molecule has 23 heavy (non-hydrogen) atoms. The standard InChI is InChI=1S/C18H28N4O/c19-18(22-11-5-2-6-12-22)21-14-15-9-10-20-17(13-15)23-16-7-3-1-4-8-16/h9-10,13,16H,1-8,11-12,14H2,(H2,19,21). The lowest BCUT2D eigenvalue weighted by Gasteiger charge is -2.27. The molecule has 5 heteroatoms. The van der Waals surface area contributed by atoms with Crippen LogP contribution in [0.5, 0.6) is 5.88 Å². The summed E-state index contributed by atoms with van der Waals surface area (Å²) in [6.45, 7) is 2.65. The van der Waals surface area contributed by atoms with Gasteiger partial charge in [0.2, 0.25) is 5.88 Å². The molecule has 2 fully saturated rings. The first kappa shape index (κ1) is 16.1. The number of guanidine groups is 1. The van der Waals surface area contributed by atoms with Crippen LogP contribution in [0.2, 0.25) is 0 Å². The lowest BCUT2D eigenvalue weighted by atomic mass is 9.98. The number of aromatic nitrogens is 1. The Morgan fingerprint density at radius 1 is 1.17 bits per heavy atom. The highest BCUT2D eigenvalue weighted by Gasteiger charge is 2.15. The zero-order valence-electron chi connectivity index (χ0n) is 13.9. The van der Waals surface area contributed by atoms with Crippen molar-refractivity contribution in [2.24, 2.45) is 10.7 Å². The van der Waals surface area contributed by atoms with E-state index in [0.717, 1.165) is 37.4 Å². The highest BCUT2D eigenvalue weighted by molar-refractivity contribution is 5.78. The van der Waals surface area contributed by atoms with Crippen LogP contribution in [0, 0.1) is 0 Å². The van der Waals surface area contributed by atoms with Gasteiger partial charge in [-0.3, -0.25) is 0 Å². The summed E-state index contributed by atoms with van der Waals surface area (Å²) in [6, 6.07) is 3.99. The highest BCUT2D eigenvalue weighted by Crippen LogP contribution is 2.22. The second-order valence-corrected chi connectivity index (χ2v) is 6.60. The van der Waals surface area contributed by atoms with Crippen LogP contribution in [-0.4, -0.2) is 35.0 Å². The molecule has 1 saturated carbocycles. The highest BCUT2D eigenvalue weighted by atomic mass is 16.5. The van der Waals surface area contributed by atoms with Crippen molar-refractivity contribution in [3.05, 3.63) is 23.9 Å². The van der Waals surface area contributed by atoms with E-state index in [1.54, 1.807) is 6.20 Å². The topological polar surface area (TPSA) is 63.7 Å². The number of ether oxygens (including phenoxy) is 1. The van der Waals surface area contributed by atoms with Gasteiger partial charge >= 0.3 is 0 Å². The first-order valence-corrected chi connectivity index (χ1v) is 8.98. The van der Waals surface area contributed by atoms with E-state index in [1.807, 2.05) is 12.1 Å². The minimum atomic E-state index is 0.327. The molecule has 1 aromatic heterocycles. The fraction of sp³-hybridized carbons (Fsp3) is 0.667. The molecule has 0 bridgehead atoms. The number of hydrogen-bond acceptors (Lipinski definition) is 3. The summed E-state index contributed by atoms with van der Waals surface area (Å²) in [5.41, 5.74) is 7.22. The summed E-state index contributed by atoms with van der Waals surface area (Å²) in [5.74, 6) is 1.39. The van der Waals surface area contributed by atoms with Crippen molar-refractivity contribution in [3.63, 3.8) is 0 Å². The van der Waals surface area contributed by atoms with Crippen molar-refractivity contribution in [1.29, 1.82) is 0 Å². The molecule has 0 unspecified atom stereocenters. The minimum Gasteiger partial charge on any atom is -0.474 e. The molecule has 0 spiro atoms. The number of likely N-dealkylation sites (tertiary alicyclic amines) is 1. The Kier molecular flexibility index (Phi) is 5.72. The van der Waals surface area contributed by atoms with Crippen LogP contribution in [-0.2, 0) is 6.54 Å². The summed E-state index contributed by atoms with van der Waals surface area (Å²) in [7, 11) is 0. The van der Waals surface area contributed by atoms with Crippen molar-refractivity contribution < 1.29 is 4.74 Å². The summed E-state index contributed by atoms with van der Waals surface area (Å²) in [6.07, 6.45) is 12.0. The number of rotatable bonds is 4. The minimum absolute atomic E-state index is 0.327. The molecule has 1 aromatic rings. The van der Waals surface area contributed by atoms with Crippen molar-refractivity contribution in [2.45, 2.75) is 64.0 Å². The zero-order chi connectivity index (χ0) is 15.9. The van der Waals surface area contributed by atoms with Gasteiger partial charge in [-0.15, -0.1) is 0 Å². The lowest BCUT2D eigenvalue weighted by Crippen LogP contribution is -2.40. The Bertz CT molecular complexity index is 520. The molecule has 1 aliphatic heterocycles. The molecule has 0 radical (unpaired) electrons. The maximum atomic E-state index is 6.11. The van der Waals surface area contributed by atoms with Gasteiger partial charge in [0, 0.05) is 25.4 Å². The summed E-state index contributed by atoms with van der Waals surface area (Å²) in [5, 5.41) is 0. The van der Waals surface area contributed by atoms with E-state index in [-0.39, 0.29) is 0 Å². The first-order valence-electron chi connectivity index (χ1n) is 8.98. The molecule has 126 valence electrons. The van der Waals surface area contributed by atoms with Crippen LogP contribution in [0.25, 0.3) is 0 Å². The van der Waals surface area contributed by atoms with E-state index < -0.39 is 0 Å². The Balaban J connectivity index is 1.56. The molecule has 2 aliphatic rings. The van der Waals surface area contributed by atoms with Crippen LogP contribution >= 0.6 is 0 Å². The Morgan fingerprint density at radius 3 is 2.70 bits per heavy atom. The van der Waals surface area contributed by atoms with Gasteiger partial charge < -0.3 is 15.4 Å². The predicted octanol–water partition coefficient (Wildman–Crippen LogP) is 3.09. The Hall–Kier alpha value is -1.78. The number of piperidine rings is 1. The number of pyridine rings is 1. The molecule has 0 amide bonds. The summed E-state index contributed by atoms with van der Waals surface area (Å²) in [4.78, 5) is 11.1. The van der Waals surface area contributed by atoms with E-state index in [0.29, 0.717) is 18.6 Å². The monoisotopic (exact) mass is 316 g/mol.